The number of benzene rings is 2. The van der Waals surface area contributed by atoms with Crippen LogP contribution in [0.3, 0.4) is 0 Å². The van der Waals surface area contributed by atoms with Gasteiger partial charge in [0.15, 0.2) is 11.5 Å². The third-order valence-electron chi connectivity index (χ3n) is 5.15. The van der Waals surface area contributed by atoms with E-state index in [9.17, 15) is 0 Å². The standard InChI is InChI=1S/C20H20N2O2.ClH/c1-2-4-16-15(3-1)19(13-7-9-21-10-8-13)20(22-16)14-5-6-17-18(11-14)24-12-23-17;/h1-6,11,13,21-22H,7-10,12H2;1H. The monoisotopic (exact) mass is 356 g/mol. The minimum atomic E-state index is 0. The molecule has 3 heterocycles. The maximum absolute atomic E-state index is 5.57. The summed E-state index contributed by atoms with van der Waals surface area (Å²) in [6.07, 6.45) is 2.36. The zero-order chi connectivity index (χ0) is 15.9. The Labute approximate surface area is 152 Å². The largest absolute Gasteiger partial charge is 0.454 e. The number of ether oxygens (including phenoxy) is 2. The van der Waals surface area contributed by atoms with Crippen molar-refractivity contribution < 1.29 is 9.47 Å². The van der Waals surface area contributed by atoms with Crippen LogP contribution in [0.25, 0.3) is 22.2 Å². The first kappa shape index (κ1) is 16.3. The number of H-pyrrole nitrogens is 1. The van der Waals surface area contributed by atoms with E-state index in [1.807, 2.05) is 6.07 Å². The number of halogens is 1. The van der Waals surface area contributed by atoms with E-state index in [0.29, 0.717) is 12.7 Å². The van der Waals surface area contributed by atoms with Crippen LogP contribution < -0.4 is 14.8 Å². The highest BCUT2D eigenvalue weighted by Crippen LogP contribution is 2.42. The number of nitrogens with one attached hydrogen (secondary N) is 2. The van der Waals surface area contributed by atoms with Gasteiger partial charge in [-0.2, -0.15) is 0 Å². The predicted molar refractivity (Wildman–Crippen MR) is 102 cm³/mol. The molecule has 2 aliphatic heterocycles. The summed E-state index contributed by atoms with van der Waals surface area (Å²) in [5.41, 5.74) is 5.05. The van der Waals surface area contributed by atoms with Gasteiger partial charge in [0.1, 0.15) is 0 Å². The number of piperidine rings is 1. The summed E-state index contributed by atoms with van der Waals surface area (Å²) < 4.78 is 11.0. The Kier molecular flexibility index (Phi) is 4.32. The van der Waals surface area contributed by atoms with Crippen molar-refractivity contribution in [2.75, 3.05) is 19.9 Å². The Balaban J connectivity index is 0.00000157. The van der Waals surface area contributed by atoms with Crippen LogP contribution in [0.1, 0.15) is 24.3 Å². The van der Waals surface area contributed by atoms with E-state index in [0.717, 1.165) is 24.6 Å². The van der Waals surface area contributed by atoms with Crippen LogP contribution in [-0.2, 0) is 0 Å². The van der Waals surface area contributed by atoms with E-state index in [-0.39, 0.29) is 12.4 Å². The van der Waals surface area contributed by atoms with E-state index in [2.05, 4.69) is 46.7 Å². The summed E-state index contributed by atoms with van der Waals surface area (Å²) in [4.78, 5) is 3.65. The van der Waals surface area contributed by atoms with Crippen LogP contribution in [0.4, 0.5) is 0 Å². The van der Waals surface area contributed by atoms with E-state index in [1.54, 1.807) is 0 Å². The van der Waals surface area contributed by atoms with Crippen LogP contribution in [0.2, 0.25) is 0 Å². The maximum Gasteiger partial charge on any atom is 0.231 e. The van der Waals surface area contributed by atoms with Crippen molar-refractivity contribution in [3.05, 3.63) is 48.0 Å². The zero-order valence-corrected chi connectivity index (χ0v) is 14.7. The number of hydrogen-bond donors (Lipinski definition) is 2. The molecule has 4 nitrogen and oxygen atoms in total. The first-order chi connectivity index (χ1) is 11.9. The second kappa shape index (κ2) is 6.62. The van der Waals surface area contributed by atoms with Crippen molar-refractivity contribution >= 4 is 23.3 Å². The maximum atomic E-state index is 5.57. The topological polar surface area (TPSA) is 46.3 Å². The molecule has 2 aliphatic rings. The molecule has 0 bridgehead atoms. The molecule has 5 rings (SSSR count). The van der Waals surface area contributed by atoms with Gasteiger partial charge in [-0.05, 0) is 61.7 Å². The van der Waals surface area contributed by atoms with Gasteiger partial charge in [-0.25, -0.2) is 0 Å². The van der Waals surface area contributed by atoms with Gasteiger partial charge < -0.3 is 19.8 Å². The SMILES string of the molecule is Cl.c1ccc2c(C3CCNCC3)c(-c3ccc4c(c3)OCO4)[nH]c2c1. The number of fused-ring (bicyclic) bond motifs is 2. The van der Waals surface area contributed by atoms with Crippen LogP contribution in [0.5, 0.6) is 11.5 Å². The lowest BCUT2D eigenvalue weighted by Crippen LogP contribution is -2.26. The molecule has 2 N–H and O–H groups in total. The summed E-state index contributed by atoms with van der Waals surface area (Å²) >= 11 is 0. The molecule has 0 unspecified atom stereocenters. The number of hydrogen-bond acceptors (Lipinski definition) is 3. The highest BCUT2D eigenvalue weighted by atomic mass is 35.5. The fourth-order valence-corrected chi connectivity index (χ4v) is 3.98. The summed E-state index contributed by atoms with van der Waals surface area (Å²) in [5, 5.41) is 4.82. The van der Waals surface area contributed by atoms with Gasteiger partial charge in [-0.15, -0.1) is 12.4 Å². The fraction of sp³-hybridized carbons (Fsp3) is 0.300. The molecule has 130 valence electrons. The van der Waals surface area contributed by atoms with Gasteiger partial charge >= 0.3 is 0 Å². The van der Waals surface area contributed by atoms with Crippen LogP contribution in [0.15, 0.2) is 42.5 Å². The molecule has 0 radical (unpaired) electrons. The van der Waals surface area contributed by atoms with Crippen molar-refractivity contribution in [1.29, 1.82) is 0 Å². The van der Waals surface area contributed by atoms with E-state index < -0.39 is 0 Å². The average molecular weight is 357 g/mol. The van der Waals surface area contributed by atoms with Crippen molar-refractivity contribution in [3.8, 4) is 22.8 Å². The molecule has 1 aromatic heterocycles. The normalized spacial score (nSPS) is 16.8. The van der Waals surface area contributed by atoms with Crippen molar-refractivity contribution in [2.24, 2.45) is 0 Å². The summed E-state index contributed by atoms with van der Waals surface area (Å²) in [6.45, 7) is 2.49. The highest BCUT2D eigenvalue weighted by molar-refractivity contribution is 5.91. The molecular formula is C20H21ClN2O2. The average Bonchev–Trinajstić information content (AvgIpc) is 3.26. The number of para-hydroxylation sites is 1. The smallest absolute Gasteiger partial charge is 0.231 e. The molecule has 0 aliphatic carbocycles. The number of rotatable bonds is 2. The van der Waals surface area contributed by atoms with Crippen LogP contribution in [0, 0.1) is 0 Å². The third-order valence-corrected chi connectivity index (χ3v) is 5.15. The zero-order valence-electron chi connectivity index (χ0n) is 13.9. The summed E-state index contributed by atoms with van der Waals surface area (Å²) in [5.74, 6) is 2.25. The molecule has 2 aromatic carbocycles. The summed E-state index contributed by atoms with van der Waals surface area (Å²) in [7, 11) is 0. The molecule has 0 saturated carbocycles. The minimum Gasteiger partial charge on any atom is -0.454 e. The third kappa shape index (κ3) is 2.75. The lowest BCUT2D eigenvalue weighted by atomic mass is 9.86. The quantitative estimate of drug-likeness (QED) is 0.713. The lowest BCUT2D eigenvalue weighted by molar-refractivity contribution is 0.174. The first-order valence-corrected chi connectivity index (χ1v) is 8.61. The Hall–Kier alpha value is -2.17. The molecule has 0 amide bonds. The van der Waals surface area contributed by atoms with Crippen LogP contribution in [-0.4, -0.2) is 24.9 Å². The number of aromatic amines is 1. The van der Waals surface area contributed by atoms with Crippen molar-refractivity contribution in [2.45, 2.75) is 18.8 Å². The van der Waals surface area contributed by atoms with Gasteiger partial charge in [-0.1, -0.05) is 18.2 Å². The highest BCUT2D eigenvalue weighted by Gasteiger charge is 2.24. The molecule has 25 heavy (non-hydrogen) atoms. The molecule has 0 atom stereocenters. The summed E-state index contributed by atoms with van der Waals surface area (Å²) in [6, 6.07) is 14.9. The molecule has 1 saturated heterocycles. The van der Waals surface area contributed by atoms with Gasteiger partial charge in [0.25, 0.3) is 0 Å². The van der Waals surface area contributed by atoms with Gasteiger partial charge in [-0.3, -0.25) is 0 Å². The Morgan fingerprint density at radius 1 is 0.920 bits per heavy atom. The van der Waals surface area contributed by atoms with Gasteiger partial charge in [0.2, 0.25) is 6.79 Å². The Morgan fingerprint density at radius 3 is 2.60 bits per heavy atom. The molecule has 5 heteroatoms. The minimum absolute atomic E-state index is 0. The molecular weight excluding hydrogens is 336 g/mol. The molecule has 3 aromatic rings. The van der Waals surface area contributed by atoms with Gasteiger partial charge in [0, 0.05) is 16.5 Å². The fourth-order valence-electron chi connectivity index (χ4n) is 3.98. The first-order valence-electron chi connectivity index (χ1n) is 8.61. The molecule has 1 fully saturated rings. The van der Waals surface area contributed by atoms with Gasteiger partial charge in [0.05, 0.1) is 5.69 Å². The Bertz CT molecular complexity index is 900. The van der Waals surface area contributed by atoms with Crippen LogP contribution >= 0.6 is 12.4 Å². The predicted octanol–water partition coefficient (Wildman–Crippen LogP) is 4.45. The number of aromatic nitrogens is 1. The van der Waals surface area contributed by atoms with Crippen molar-refractivity contribution in [3.63, 3.8) is 0 Å². The van der Waals surface area contributed by atoms with E-state index >= 15 is 0 Å². The second-order valence-electron chi connectivity index (χ2n) is 6.55. The van der Waals surface area contributed by atoms with Crippen molar-refractivity contribution in [1.82, 2.24) is 10.3 Å². The van der Waals surface area contributed by atoms with E-state index in [4.69, 9.17) is 9.47 Å². The Morgan fingerprint density at radius 2 is 1.72 bits per heavy atom. The second-order valence-corrected chi connectivity index (χ2v) is 6.55. The lowest BCUT2D eigenvalue weighted by Gasteiger charge is -2.24. The van der Waals surface area contributed by atoms with E-state index in [1.165, 1.54) is 40.6 Å². The molecule has 0 spiro atoms.